The molecule has 1 aliphatic carbocycles. The van der Waals surface area contributed by atoms with Gasteiger partial charge >= 0.3 is 0 Å². The highest BCUT2D eigenvalue weighted by Gasteiger charge is 2.28. The number of imidazole rings is 1. The molecule has 0 radical (unpaired) electrons. The van der Waals surface area contributed by atoms with Crippen LogP contribution in [-0.4, -0.2) is 57.0 Å². The SMILES string of the molecule is CCN(CCOC(C)(C)C)c1nccc2oc(-c3cnc4ccc(O[C@H]5C[C@H](N)C5)nn34)cc12. The fraction of sp³-hybridized carbons (Fsp3) is 0.480. The molecule has 9 nitrogen and oxygen atoms in total. The average molecular weight is 465 g/mol. The Morgan fingerprint density at radius 2 is 2.03 bits per heavy atom. The minimum Gasteiger partial charge on any atom is -0.473 e. The number of hydrogen-bond donors (Lipinski definition) is 1. The summed E-state index contributed by atoms with van der Waals surface area (Å²) < 4.78 is 19.9. The second-order valence-electron chi connectivity index (χ2n) is 9.75. The molecule has 1 fully saturated rings. The van der Waals surface area contributed by atoms with E-state index >= 15 is 0 Å². The van der Waals surface area contributed by atoms with Crippen LogP contribution in [0.2, 0.25) is 0 Å². The third-order valence-electron chi connectivity index (χ3n) is 6.01. The van der Waals surface area contributed by atoms with Crippen LogP contribution in [0.5, 0.6) is 5.88 Å². The summed E-state index contributed by atoms with van der Waals surface area (Å²) in [5, 5.41) is 5.60. The van der Waals surface area contributed by atoms with Crippen LogP contribution in [0.4, 0.5) is 5.82 Å². The summed E-state index contributed by atoms with van der Waals surface area (Å²) in [7, 11) is 0. The van der Waals surface area contributed by atoms with Crippen LogP contribution in [0.15, 0.2) is 41.1 Å². The van der Waals surface area contributed by atoms with Crippen molar-refractivity contribution in [1.29, 1.82) is 0 Å². The average Bonchev–Trinajstić information content (AvgIpc) is 3.38. The van der Waals surface area contributed by atoms with Gasteiger partial charge in [-0.2, -0.15) is 0 Å². The van der Waals surface area contributed by atoms with E-state index in [9.17, 15) is 0 Å². The lowest BCUT2D eigenvalue weighted by Gasteiger charge is -2.31. The minimum atomic E-state index is -0.176. The van der Waals surface area contributed by atoms with Gasteiger partial charge in [-0.3, -0.25) is 0 Å². The molecule has 0 saturated heterocycles. The van der Waals surface area contributed by atoms with E-state index in [4.69, 9.17) is 19.6 Å². The highest BCUT2D eigenvalue weighted by Crippen LogP contribution is 2.33. The zero-order chi connectivity index (χ0) is 23.9. The monoisotopic (exact) mass is 464 g/mol. The molecule has 0 atom stereocenters. The van der Waals surface area contributed by atoms with Gasteiger partial charge < -0.3 is 24.5 Å². The van der Waals surface area contributed by atoms with E-state index in [-0.39, 0.29) is 17.7 Å². The van der Waals surface area contributed by atoms with Gasteiger partial charge in [0, 0.05) is 31.4 Å². The first kappa shape index (κ1) is 22.6. The first-order valence-electron chi connectivity index (χ1n) is 11.9. The van der Waals surface area contributed by atoms with Gasteiger partial charge in [-0.1, -0.05) is 0 Å². The maximum atomic E-state index is 6.23. The summed E-state index contributed by atoms with van der Waals surface area (Å²) >= 11 is 0. The number of fused-ring (bicyclic) bond motifs is 2. The number of nitrogens with zero attached hydrogens (tertiary/aromatic N) is 5. The first-order chi connectivity index (χ1) is 16.3. The predicted octanol–water partition coefficient (Wildman–Crippen LogP) is 4.05. The number of likely N-dealkylation sites (N-methyl/N-ethyl adjacent to an activating group) is 1. The molecule has 0 bridgehead atoms. The van der Waals surface area contributed by atoms with E-state index in [1.165, 1.54) is 0 Å². The summed E-state index contributed by atoms with van der Waals surface area (Å²) in [6.07, 6.45) is 5.37. The van der Waals surface area contributed by atoms with Gasteiger partial charge in [-0.15, -0.1) is 5.10 Å². The highest BCUT2D eigenvalue weighted by molar-refractivity contribution is 5.91. The predicted molar refractivity (Wildman–Crippen MR) is 131 cm³/mol. The Balaban J connectivity index is 1.44. The van der Waals surface area contributed by atoms with Crippen molar-refractivity contribution in [3.63, 3.8) is 0 Å². The molecule has 1 saturated carbocycles. The molecule has 9 heteroatoms. The van der Waals surface area contributed by atoms with Gasteiger partial charge in [0.2, 0.25) is 5.88 Å². The molecule has 4 aromatic rings. The molecular weight excluding hydrogens is 432 g/mol. The van der Waals surface area contributed by atoms with Crippen molar-refractivity contribution in [2.24, 2.45) is 5.73 Å². The minimum absolute atomic E-state index is 0.119. The molecule has 2 N–H and O–H groups in total. The van der Waals surface area contributed by atoms with E-state index in [0.717, 1.165) is 54.1 Å². The number of hydrogen-bond acceptors (Lipinski definition) is 8. The molecule has 5 rings (SSSR count). The molecule has 1 aliphatic rings. The van der Waals surface area contributed by atoms with Crippen molar-refractivity contribution in [3.05, 3.63) is 36.7 Å². The summed E-state index contributed by atoms with van der Waals surface area (Å²) in [4.78, 5) is 11.4. The number of ether oxygens (including phenoxy) is 2. The number of aromatic nitrogens is 4. The largest absolute Gasteiger partial charge is 0.473 e. The van der Waals surface area contributed by atoms with Gasteiger partial charge in [-0.25, -0.2) is 14.5 Å². The second-order valence-corrected chi connectivity index (χ2v) is 9.75. The lowest BCUT2D eigenvalue weighted by molar-refractivity contribution is 0.00139. The van der Waals surface area contributed by atoms with Crippen LogP contribution in [0.25, 0.3) is 28.1 Å². The summed E-state index contributed by atoms with van der Waals surface area (Å²) in [5.41, 5.74) is 7.95. The van der Waals surface area contributed by atoms with Gasteiger partial charge in [0.25, 0.3) is 0 Å². The molecular formula is C25H32N6O3. The van der Waals surface area contributed by atoms with E-state index in [1.54, 1.807) is 16.9 Å². The number of anilines is 1. The fourth-order valence-electron chi connectivity index (χ4n) is 4.16. The van der Waals surface area contributed by atoms with Crippen LogP contribution in [0.1, 0.15) is 40.5 Å². The second kappa shape index (κ2) is 8.88. The Hall–Kier alpha value is -3.17. The van der Waals surface area contributed by atoms with Crippen molar-refractivity contribution in [2.75, 3.05) is 24.6 Å². The smallest absolute Gasteiger partial charge is 0.232 e. The van der Waals surface area contributed by atoms with E-state index in [2.05, 4.69) is 47.7 Å². The molecule has 0 aromatic carbocycles. The van der Waals surface area contributed by atoms with Crippen LogP contribution < -0.4 is 15.4 Å². The van der Waals surface area contributed by atoms with Gasteiger partial charge in [-0.05, 0) is 58.7 Å². The number of nitrogens with two attached hydrogens (primary N) is 1. The lowest BCUT2D eigenvalue weighted by atomic mass is 9.90. The zero-order valence-electron chi connectivity index (χ0n) is 20.2. The van der Waals surface area contributed by atoms with E-state index in [0.29, 0.717) is 18.2 Å². The topological polar surface area (TPSA) is 104 Å². The Bertz CT molecular complexity index is 1290. The number of pyridine rings is 1. The van der Waals surface area contributed by atoms with Crippen molar-refractivity contribution in [2.45, 2.75) is 58.3 Å². The van der Waals surface area contributed by atoms with E-state index in [1.807, 2.05) is 24.3 Å². The first-order valence-corrected chi connectivity index (χ1v) is 11.9. The third kappa shape index (κ3) is 4.58. The third-order valence-corrected chi connectivity index (χ3v) is 6.01. The molecule has 4 aromatic heterocycles. The van der Waals surface area contributed by atoms with Crippen molar-refractivity contribution < 1.29 is 13.9 Å². The molecule has 0 aliphatic heterocycles. The maximum absolute atomic E-state index is 6.23. The highest BCUT2D eigenvalue weighted by atomic mass is 16.5. The van der Waals surface area contributed by atoms with Gasteiger partial charge in [0.15, 0.2) is 11.4 Å². The maximum Gasteiger partial charge on any atom is 0.232 e. The Morgan fingerprint density at radius 3 is 2.76 bits per heavy atom. The zero-order valence-corrected chi connectivity index (χ0v) is 20.2. The quantitative estimate of drug-likeness (QED) is 0.417. The molecule has 34 heavy (non-hydrogen) atoms. The fourth-order valence-corrected chi connectivity index (χ4v) is 4.16. The molecule has 0 unspecified atom stereocenters. The van der Waals surface area contributed by atoms with Crippen LogP contribution in [0, 0.1) is 0 Å². The summed E-state index contributed by atoms with van der Waals surface area (Å²) in [6, 6.07) is 7.85. The van der Waals surface area contributed by atoms with Crippen LogP contribution >= 0.6 is 0 Å². The molecule has 180 valence electrons. The van der Waals surface area contributed by atoms with Gasteiger partial charge in [0.1, 0.15) is 23.2 Å². The standard InChI is InChI=1S/C25H32N6O3/c1-5-30(10-11-32-25(2,3)4)24-18-14-21(34-20(18)8-9-27-24)19-15-28-22-6-7-23(29-31(19)22)33-17-12-16(26)13-17/h6-9,14-17H,5,10-13,26H2,1-4H3/t16-,17-. The number of rotatable bonds is 8. The normalized spacial score (nSPS) is 18.4. The Morgan fingerprint density at radius 1 is 1.21 bits per heavy atom. The van der Waals surface area contributed by atoms with Gasteiger partial charge in [0.05, 0.1) is 23.8 Å². The van der Waals surface area contributed by atoms with Crippen LogP contribution in [-0.2, 0) is 4.74 Å². The molecule has 4 heterocycles. The summed E-state index contributed by atoms with van der Waals surface area (Å²) in [6.45, 7) is 10.5. The molecule has 0 spiro atoms. The summed E-state index contributed by atoms with van der Waals surface area (Å²) in [5.74, 6) is 2.10. The lowest BCUT2D eigenvalue weighted by Crippen LogP contribution is -2.43. The van der Waals surface area contributed by atoms with Crippen molar-refractivity contribution in [3.8, 4) is 17.3 Å². The number of furan rings is 1. The Labute approximate surface area is 198 Å². The Kier molecular flexibility index (Phi) is 5.91. The van der Waals surface area contributed by atoms with Crippen LogP contribution in [0.3, 0.4) is 0 Å². The van der Waals surface area contributed by atoms with E-state index < -0.39 is 0 Å². The van der Waals surface area contributed by atoms with Crippen molar-refractivity contribution in [1.82, 2.24) is 19.6 Å². The molecule has 0 amide bonds. The van der Waals surface area contributed by atoms with Crippen molar-refractivity contribution >= 4 is 22.4 Å².